The quantitative estimate of drug-likeness (QED) is 0.574. The summed E-state index contributed by atoms with van der Waals surface area (Å²) in [6.45, 7) is 3.87. The second-order valence-electron chi connectivity index (χ2n) is 5.99. The number of anilines is 1. The first kappa shape index (κ1) is 18.3. The molecule has 0 atom stereocenters. The Morgan fingerprint density at radius 3 is 3.00 bits per heavy atom. The minimum Gasteiger partial charge on any atom is -0.395 e. The van der Waals surface area contributed by atoms with E-state index in [0.29, 0.717) is 12.4 Å². The van der Waals surface area contributed by atoms with E-state index < -0.39 is 0 Å². The SMILES string of the molecule is CN(CCO)CCN1CCSc2cc(N=C(N)c3cccs3)ccc21. The Kier molecular flexibility index (Phi) is 6.36. The zero-order valence-corrected chi connectivity index (χ0v) is 16.0. The van der Waals surface area contributed by atoms with Crippen molar-refractivity contribution in [3.05, 3.63) is 40.6 Å². The first-order valence-electron chi connectivity index (χ1n) is 8.36. The molecular weight excluding hydrogens is 352 g/mol. The summed E-state index contributed by atoms with van der Waals surface area (Å²) in [5.74, 6) is 1.64. The number of amidine groups is 1. The zero-order valence-electron chi connectivity index (χ0n) is 14.4. The van der Waals surface area contributed by atoms with Gasteiger partial charge in [0.2, 0.25) is 0 Å². The fourth-order valence-electron chi connectivity index (χ4n) is 2.76. The first-order valence-corrected chi connectivity index (χ1v) is 10.2. The molecule has 134 valence electrons. The average Bonchev–Trinajstić information content (AvgIpc) is 3.14. The molecule has 1 aliphatic heterocycles. The number of aliphatic hydroxyl groups excluding tert-OH is 1. The van der Waals surface area contributed by atoms with Gasteiger partial charge >= 0.3 is 0 Å². The van der Waals surface area contributed by atoms with Crippen LogP contribution in [0, 0.1) is 0 Å². The summed E-state index contributed by atoms with van der Waals surface area (Å²) in [7, 11) is 2.04. The molecule has 0 saturated heterocycles. The molecule has 3 rings (SSSR count). The third-order valence-corrected chi connectivity index (χ3v) is 6.08. The second-order valence-corrected chi connectivity index (χ2v) is 8.07. The number of nitrogens with zero attached hydrogens (tertiary/aromatic N) is 3. The Labute approximate surface area is 157 Å². The Hall–Kier alpha value is -1.54. The molecule has 0 fully saturated rings. The number of benzene rings is 1. The van der Waals surface area contributed by atoms with Crippen LogP contribution in [0.2, 0.25) is 0 Å². The molecule has 25 heavy (non-hydrogen) atoms. The van der Waals surface area contributed by atoms with Crippen molar-refractivity contribution in [2.45, 2.75) is 4.90 Å². The maximum absolute atomic E-state index is 9.02. The molecule has 0 unspecified atom stereocenters. The second kappa shape index (κ2) is 8.71. The summed E-state index contributed by atoms with van der Waals surface area (Å²) in [4.78, 5) is 11.4. The van der Waals surface area contributed by atoms with Gasteiger partial charge < -0.3 is 20.6 Å². The largest absolute Gasteiger partial charge is 0.395 e. The van der Waals surface area contributed by atoms with E-state index in [1.165, 1.54) is 10.6 Å². The third kappa shape index (κ3) is 4.76. The van der Waals surface area contributed by atoms with Crippen LogP contribution < -0.4 is 10.6 Å². The van der Waals surface area contributed by atoms with Crippen LogP contribution in [0.1, 0.15) is 4.88 Å². The molecule has 0 saturated carbocycles. The van der Waals surface area contributed by atoms with Crippen LogP contribution in [0.15, 0.2) is 45.6 Å². The van der Waals surface area contributed by atoms with E-state index in [0.717, 1.165) is 36.0 Å². The average molecular weight is 377 g/mol. The predicted octanol–water partition coefficient (Wildman–Crippen LogP) is 2.62. The third-order valence-electron chi connectivity index (χ3n) is 4.16. The zero-order chi connectivity index (χ0) is 17.6. The van der Waals surface area contributed by atoms with E-state index in [2.05, 4.69) is 26.9 Å². The Morgan fingerprint density at radius 1 is 1.36 bits per heavy atom. The standard InChI is InChI=1S/C18H24N4OS2/c1-21(8-10-23)6-7-22-9-12-25-17-13-14(4-5-15(17)22)20-18(19)16-3-2-11-24-16/h2-5,11,13,23H,6-10,12H2,1H3,(H2,19,20). The highest BCUT2D eigenvalue weighted by Gasteiger charge is 2.18. The highest BCUT2D eigenvalue weighted by atomic mass is 32.2. The minimum atomic E-state index is 0.204. The van der Waals surface area contributed by atoms with Crippen LogP contribution in [-0.2, 0) is 0 Å². The van der Waals surface area contributed by atoms with Gasteiger partial charge in [0, 0.05) is 36.8 Å². The molecule has 1 aliphatic rings. The molecule has 0 aliphatic carbocycles. The number of thioether (sulfide) groups is 1. The van der Waals surface area contributed by atoms with E-state index in [9.17, 15) is 0 Å². The Balaban J connectivity index is 1.72. The number of nitrogens with two attached hydrogens (primary N) is 1. The van der Waals surface area contributed by atoms with Crippen LogP contribution in [0.25, 0.3) is 0 Å². The molecule has 0 bridgehead atoms. The van der Waals surface area contributed by atoms with Gasteiger partial charge in [0.05, 0.1) is 22.9 Å². The predicted molar refractivity (Wildman–Crippen MR) is 109 cm³/mol. The van der Waals surface area contributed by atoms with Crippen LogP contribution in [0.4, 0.5) is 11.4 Å². The molecule has 1 aromatic heterocycles. The Morgan fingerprint density at radius 2 is 2.24 bits per heavy atom. The number of rotatable bonds is 7. The van der Waals surface area contributed by atoms with Crippen molar-refractivity contribution in [3.8, 4) is 0 Å². The van der Waals surface area contributed by atoms with Crippen molar-refractivity contribution in [2.24, 2.45) is 10.7 Å². The van der Waals surface area contributed by atoms with Gasteiger partial charge in [-0.15, -0.1) is 23.1 Å². The smallest absolute Gasteiger partial charge is 0.141 e. The van der Waals surface area contributed by atoms with Gasteiger partial charge in [0.15, 0.2) is 0 Å². The van der Waals surface area contributed by atoms with E-state index in [1.54, 1.807) is 11.3 Å². The normalized spacial score (nSPS) is 14.8. The van der Waals surface area contributed by atoms with Crippen molar-refractivity contribution >= 4 is 40.3 Å². The van der Waals surface area contributed by atoms with Gasteiger partial charge in [-0.1, -0.05) is 6.07 Å². The number of thiophene rings is 1. The number of likely N-dealkylation sites (N-methyl/N-ethyl adjacent to an activating group) is 1. The summed E-state index contributed by atoms with van der Waals surface area (Å²) in [6, 6.07) is 10.3. The molecule has 2 heterocycles. The number of hydrogen-bond donors (Lipinski definition) is 2. The molecule has 3 N–H and O–H groups in total. The van der Waals surface area contributed by atoms with Gasteiger partial charge in [-0.2, -0.15) is 0 Å². The van der Waals surface area contributed by atoms with Crippen LogP contribution in [0.3, 0.4) is 0 Å². The number of aliphatic imine (C=N–C) groups is 1. The number of aliphatic hydroxyl groups is 1. The summed E-state index contributed by atoms with van der Waals surface area (Å²) >= 11 is 3.47. The minimum absolute atomic E-state index is 0.204. The van der Waals surface area contributed by atoms with Gasteiger partial charge in [-0.05, 0) is 36.7 Å². The summed E-state index contributed by atoms with van der Waals surface area (Å²) in [5.41, 5.74) is 8.27. The van der Waals surface area contributed by atoms with E-state index in [4.69, 9.17) is 10.8 Å². The molecule has 7 heteroatoms. The fraction of sp³-hybridized carbons (Fsp3) is 0.389. The van der Waals surface area contributed by atoms with Crippen LogP contribution in [0.5, 0.6) is 0 Å². The topological polar surface area (TPSA) is 65.1 Å². The molecule has 0 spiro atoms. The van der Waals surface area contributed by atoms with E-state index >= 15 is 0 Å². The fourth-order valence-corrected chi connectivity index (χ4v) is 4.47. The van der Waals surface area contributed by atoms with E-state index in [1.807, 2.05) is 42.4 Å². The lowest BCUT2D eigenvalue weighted by atomic mass is 10.2. The summed E-state index contributed by atoms with van der Waals surface area (Å²) in [6.07, 6.45) is 0. The molecule has 5 nitrogen and oxygen atoms in total. The maximum atomic E-state index is 9.02. The summed E-state index contributed by atoms with van der Waals surface area (Å²) < 4.78 is 0. The first-order chi connectivity index (χ1) is 12.2. The van der Waals surface area contributed by atoms with Gasteiger partial charge in [-0.25, -0.2) is 4.99 Å². The number of fused-ring (bicyclic) bond motifs is 1. The van der Waals surface area contributed by atoms with Gasteiger partial charge in [0.25, 0.3) is 0 Å². The van der Waals surface area contributed by atoms with Crippen molar-refractivity contribution in [1.82, 2.24) is 4.90 Å². The monoisotopic (exact) mass is 376 g/mol. The van der Waals surface area contributed by atoms with Crippen molar-refractivity contribution < 1.29 is 5.11 Å². The van der Waals surface area contributed by atoms with Crippen molar-refractivity contribution in [1.29, 1.82) is 0 Å². The van der Waals surface area contributed by atoms with Crippen molar-refractivity contribution in [2.75, 3.05) is 50.5 Å². The highest BCUT2D eigenvalue weighted by molar-refractivity contribution is 7.99. The molecule has 0 radical (unpaired) electrons. The van der Waals surface area contributed by atoms with E-state index in [-0.39, 0.29) is 6.61 Å². The number of hydrogen-bond acceptors (Lipinski definition) is 6. The van der Waals surface area contributed by atoms with Gasteiger partial charge in [0.1, 0.15) is 5.84 Å². The Bertz CT molecular complexity index is 718. The van der Waals surface area contributed by atoms with Crippen LogP contribution in [-0.4, -0.2) is 61.4 Å². The molecular formula is C18H24N4OS2. The van der Waals surface area contributed by atoms with Gasteiger partial charge in [-0.3, -0.25) is 0 Å². The van der Waals surface area contributed by atoms with Crippen LogP contribution >= 0.6 is 23.1 Å². The maximum Gasteiger partial charge on any atom is 0.141 e. The van der Waals surface area contributed by atoms with Crippen molar-refractivity contribution in [3.63, 3.8) is 0 Å². The lowest BCUT2D eigenvalue weighted by Gasteiger charge is -2.32. The molecule has 0 amide bonds. The molecule has 1 aromatic carbocycles. The summed E-state index contributed by atoms with van der Waals surface area (Å²) in [5, 5.41) is 11.0. The highest BCUT2D eigenvalue weighted by Crippen LogP contribution is 2.37. The molecule has 2 aromatic rings. The lowest BCUT2D eigenvalue weighted by molar-refractivity contribution is 0.224. The lowest BCUT2D eigenvalue weighted by Crippen LogP contribution is -2.37.